The monoisotopic (exact) mass is 414 g/mol. The summed E-state index contributed by atoms with van der Waals surface area (Å²) in [4.78, 5) is 12.4. The van der Waals surface area contributed by atoms with Crippen LogP contribution in [0.15, 0.2) is 18.2 Å². The zero-order chi connectivity index (χ0) is 20.4. The van der Waals surface area contributed by atoms with Crippen LogP contribution < -0.4 is 9.62 Å². The Balaban J connectivity index is 3.35. The van der Waals surface area contributed by atoms with Gasteiger partial charge in [0.1, 0.15) is 6.04 Å². The Morgan fingerprint density at radius 2 is 1.73 bits per heavy atom. The molecule has 0 aliphatic rings. The van der Waals surface area contributed by atoms with E-state index < -0.39 is 38.7 Å². The smallest absolute Gasteiger partial charge is 0.352 e. The molecular weight excluding hydrogens is 393 g/mol. The van der Waals surface area contributed by atoms with Crippen molar-refractivity contribution in [2.75, 3.05) is 10.6 Å². The van der Waals surface area contributed by atoms with E-state index in [0.29, 0.717) is 10.4 Å². The molecule has 5 nitrogen and oxygen atoms in total. The van der Waals surface area contributed by atoms with Crippen LogP contribution >= 0.6 is 11.6 Å². The summed E-state index contributed by atoms with van der Waals surface area (Å²) in [5, 5.41) is 2.11. The minimum atomic E-state index is -4.76. The number of hydrogen-bond acceptors (Lipinski definition) is 3. The summed E-state index contributed by atoms with van der Waals surface area (Å²) in [5.41, 5.74) is -1.46. The number of benzene rings is 1. The highest BCUT2D eigenvalue weighted by molar-refractivity contribution is 7.92. The Morgan fingerprint density at radius 1 is 1.19 bits per heavy atom. The van der Waals surface area contributed by atoms with Crippen molar-refractivity contribution in [1.82, 2.24) is 5.32 Å². The van der Waals surface area contributed by atoms with Gasteiger partial charge in [-0.1, -0.05) is 25.4 Å². The van der Waals surface area contributed by atoms with E-state index in [2.05, 4.69) is 5.32 Å². The van der Waals surface area contributed by atoms with Crippen LogP contribution in [0, 0.1) is 5.92 Å². The van der Waals surface area contributed by atoms with Crippen LogP contribution in [0.25, 0.3) is 0 Å². The quantitative estimate of drug-likeness (QED) is 0.772. The second kappa shape index (κ2) is 8.04. The molecule has 0 saturated heterocycles. The molecular formula is C16H22ClF3N2O3S. The largest absolute Gasteiger partial charge is 0.417 e. The summed E-state index contributed by atoms with van der Waals surface area (Å²) in [6.07, 6.45) is -3.93. The topological polar surface area (TPSA) is 66.5 Å². The molecule has 0 radical (unpaired) electrons. The predicted molar refractivity (Wildman–Crippen MR) is 95.7 cm³/mol. The molecule has 10 heteroatoms. The van der Waals surface area contributed by atoms with Crippen LogP contribution in [0.4, 0.5) is 18.9 Å². The number of hydrogen-bond donors (Lipinski definition) is 1. The number of carbonyl (C=O) groups excluding carboxylic acids is 1. The zero-order valence-electron chi connectivity index (χ0n) is 15.1. The first-order valence-electron chi connectivity index (χ1n) is 7.82. The first-order chi connectivity index (χ1) is 11.7. The average Bonchev–Trinajstić information content (AvgIpc) is 2.46. The molecule has 26 heavy (non-hydrogen) atoms. The van der Waals surface area contributed by atoms with Gasteiger partial charge in [0.15, 0.2) is 0 Å². The summed E-state index contributed by atoms with van der Waals surface area (Å²) in [6.45, 7) is 6.81. The van der Waals surface area contributed by atoms with E-state index in [0.717, 1.165) is 18.4 Å². The average molecular weight is 415 g/mol. The Hall–Kier alpha value is -1.48. The van der Waals surface area contributed by atoms with Crippen molar-refractivity contribution in [3.8, 4) is 0 Å². The van der Waals surface area contributed by atoms with Crippen molar-refractivity contribution in [1.29, 1.82) is 0 Å². The third-order valence-corrected chi connectivity index (χ3v) is 5.54. The van der Waals surface area contributed by atoms with Gasteiger partial charge >= 0.3 is 6.18 Å². The molecule has 1 aromatic rings. The molecule has 1 N–H and O–H groups in total. The molecule has 0 aliphatic carbocycles. The minimum absolute atomic E-state index is 0.102. The van der Waals surface area contributed by atoms with Crippen LogP contribution in [0.2, 0.25) is 5.02 Å². The van der Waals surface area contributed by atoms with E-state index in [4.69, 9.17) is 11.6 Å². The molecule has 1 rings (SSSR count). The van der Waals surface area contributed by atoms with E-state index >= 15 is 0 Å². The Kier molecular flexibility index (Phi) is 6.98. The first kappa shape index (κ1) is 22.6. The third kappa shape index (κ3) is 5.51. The van der Waals surface area contributed by atoms with Crippen molar-refractivity contribution in [2.45, 2.75) is 46.0 Å². The van der Waals surface area contributed by atoms with Crippen LogP contribution in [-0.4, -0.2) is 32.7 Å². The Morgan fingerprint density at radius 3 is 2.15 bits per heavy atom. The molecule has 1 amide bonds. The van der Waals surface area contributed by atoms with Crippen molar-refractivity contribution >= 4 is 33.2 Å². The number of carbonyl (C=O) groups is 1. The molecule has 0 aromatic heterocycles. The Bertz CT molecular complexity index is 766. The van der Waals surface area contributed by atoms with Gasteiger partial charge in [-0.15, -0.1) is 0 Å². The number of nitrogens with zero attached hydrogens (tertiary/aromatic N) is 1. The molecule has 148 valence electrons. The molecule has 0 heterocycles. The summed E-state index contributed by atoms with van der Waals surface area (Å²) in [7, 11) is -4.03. The molecule has 0 aliphatic heterocycles. The van der Waals surface area contributed by atoms with E-state index in [1.54, 1.807) is 6.92 Å². The fraction of sp³-hybridized carbons (Fsp3) is 0.562. The van der Waals surface area contributed by atoms with E-state index in [9.17, 15) is 26.4 Å². The predicted octanol–water partition coefficient (Wildman–Crippen LogP) is 3.67. The minimum Gasteiger partial charge on any atom is -0.352 e. The Labute approximate surface area is 156 Å². The van der Waals surface area contributed by atoms with Crippen LogP contribution in [-0.2, 0) is 21.0 Å². The van der Waals surface area contributed by atoms with Gasteiger partial charge in [-0.25, -0.2) is 8.42 Å². The van der Waals surface area contributed by atoms with Gasteiger partial charge < -0.3 is 5.32 Å². The number of nitrogens with one attached hydrogen (secondary N) is 1. The van der Waals surface area contributed by atoms with Gasteiger partial charge in [0.2, 0.25) is 15.9 Å². The van der Waals surface area contributed by atoms with E-state index in [1.807, 2.05) is 13.8 Å². The number of anilines is 1. The molecule has 0 bridgehead atoms. The number of halogens is 4. The van der Waals surface area contributed by atoms with Crippen LogP contribution in [0.1, 0.15) is 33.3 Å². The van der Waals surface area contributed by atoms with Crippen molar-refractivity contribution in [2.24, 2.45) is 5.92 Å². The fourth-order valence-electron chi connectivity index (χ4n) is 2.19. The van der Waals surface area contributed by atoms with Gasteiger partial charge in [0, 0.05) is 6.04 Å². The zero-order valence-corrected chi connectivity index (χ0v) is 16.6. The van der Waals surface area contributed by atoms with Gasteiger partial charge in [0.25, 0.3) is 0 Å². The lowest BCUT2D eigenvalue weighted by atomic mass is 10.1. The van der Waals surface area contributed by atoms with Gasteiger partial charge in [0.05, 0.1) is 22.5 Å². The molecule has 0 spiro atoms. The lowest BCUT2D eigenvalue weighted by Gasteiger charge is -2.30. The number of sulfonamides is 1. The summed E-state index contributed by atoms with van der Waals surface area (Å²) < 4.78 is 64.2. The fourth-order valence-corrected chi connectivity index (χ4v) is 3.58. The standard InChI is InChI=1S/C16H22ClF3N2O3S/c1-9(2)10(3)21-15(23)11(4)22(26(5,24)25)12-6-7-14(17)13(8-12)16(18,19)20/h6-11H,1-5H3,(H,21,23). The van der Waals surface area contributed by atoms with Crippen LogP contribution in [0.5, 0.6) is 0 Å². The molecule has 1 aromatic carbocycles. The lowest BCUT2D eigenvalue weighted by Crippen LogP contribution is -2.50. The first-order valence-corrected chi connectivity index (χ1v) is 10.1. The maximum atomic E-state index is 13.1. The summed E-state index contributed by atoms with van der Waals surface area (Å²) in [6, 6.07) is 1.24. The molecule has 0 saturated carbocycles. The van der Waals surface area contributed by atoms with Crippen molar-refractivity contribution in [3.05, 3.63) is 28.8 Å². The lowest BCUT2D eigenvalue weighted by molar-refractivity contribution is -0.137. The normalized spacial score (nSPS) is 14.8. The maximum absolute atomic E-state index is 13.1. The van der Waals surface area contributed by atoms with Gasteiger partial charge in [-0.05, 0) is 38.0 Å². The third-order valence-electron chi connectivity index (χ3n) is 3.97. The SMILES string of the molecule is CC(C)C(C)NC(=O)C(C)N(c1ccc(Cl)c(C(F)(F)F)c1)S(C)(=O)=O. The number of amides is 1. The van der Waals surface area contributed by atoms with Crippen LogP contribution in [0.3, 0.4) is 0 Å². The number of alkyl halides is 3. The summed E-state index contributed by atoms with van der Waals surface area (Å²) >= 11 is 5.58. The van der Waals surface area contributed by atoms with Gasteiger partial charge in [-0.2, -0.15) is 13.2 Å². The maximum Gasteiger partial charge on any atom is 0.417 e. The molecule has 2 atom stereocenters. The molecule has 2 unspecified atom stereocenters. The second-order valence-corrected chi connectivity index (χ2v) is 8.70. The highest BCUT2D eigenvalue weighted by atomic mass is 35.5. The van der Waals surface area contributed by atoms with E-state index in [1.165, 1.54) is 6.92 Å². The molecule has 0 fully saturated rings. The second-order valence-electron chi connectivity index (χ2n) is 6.44. The highest BCUT2D eigenvalue weighted by Crippen LogP contribution is 2.37. The van der Waals surface area contributed by atoms with Crippen molar-refractivity contribution in [3.63, 3.8) is 0 Å². The van der Waals surface area contributed by atoms with E-state index in [-0.39, 0.29) is 17.6 Å². The number of rotatable bonds is 6. The van der Waals surface area contributed by atoms with Crippen molar-refractivity contribution < 1.29 is 26.4 Å². The van der Waals surface area contributed by atoms with Gasteiger partial charge in [-0.3, -0.25) is 9.10 Å². The summed E-state index contributed by atoms with van der Waals surface area (Å²) in [5.74, 6) is -0.509. The highest BCUT2D eigenvalue weighted by Gasteiger charge is 2.36.